The van der Waals surface area contributed by atoms with Gasteiger partial charge >= 0.3 is 0 Å². The van der Waals surface area contributed by atoms with Crippen LogP contribution in [0.25, 0.3) is 22.6 Å². The molecule has 134 valence electrons. The van der Waals surface area contributed by atoms with Gasteiger partial charge in [-0.05, 0) is 60.7 Å². The van der Waals surface area contributed by atoms with E-state index < -0.39 is 0 Å². The summed E-state index contributed by atoms with van der Waals surface area (Å²) in [4.78, 5) is 16.9. The number of ether oxygens (including phenoxy) is 1. The van der Waals surface area contributed by atoms with Crippen molar-refractivity contribution in [1.82, 2.24) is 4.98 Å². The molecule has 0 spiro atoms. The quantitative estimate of drug-likeness (QED) is 0.470. The van der Waals surface area contributed by atoms with Crippen molar-refractivity contribution in [1.29, 1.82) is 0 Å². The Morgan fingerprint density at radius 2 is 1.78 bits per heavy atom. The van der Waals surface area contributed by atoms with Crippen LogP contribution in [0.5, 0.6) is 5.75 Å². The first-order chi connectivity index (χ1) is 13.1. The fraction of sp³-hybridized carbons (Fsp3) is 0.0476. The molecule has 4 aromatic rings. The molecule has 0 saturated carbocycles. The lowest BCUT2D eigenvalue weighted by Gasteiger charge is -2.05. The molecule has 0 aliphatic rings. The van der Waals surface area contributed by atoms with Gasteiger partial charge < -0.3 is 14.5 Å². The summed E-state index contributed by atoms with van der Waals surface area (Å²) in [5, 5.41) is 2.88. The van der Waals surface area contributed by atoms with Crippen LogP contribution < -0.4 is 10.1 Å². The highest BCUT2D eigenvalue weighted by molar-refractivity contribution is 9.10. The Balaban J connectivity index is 1.58. The number of nitrogens with one attached hydrogen (secondary N) is 1. The molecule has 5 nitrogen and oxygen atoms in total. The van der Waals surface area contributed by atoms with E-state index in [0.717, 1.165) is 21.3 Å². The van der Waals surface area contributed by atoms with E-state index in [9.17, 15) is 4.79 Å². The maximum atomic E-state index is 12.4. The average molecular weight is 423 g/mol. The van der Waals surface area contributed by atoms with Crippen LogP contribution in [-0.4, -0.2) is 18.0 Å². The van der Waals surface area contributed by atoms with Crippen molar-refractivity contribution in [2.75, 3.05) is 12.4 Å². The fourth-order valence-electron chi connectivity index (χ4n) is 2.66. The molecule has 0 radical (unpaired) electrons. The van der Waals surface area contributed by atoms with E-state index in [1.165, 1.54) is 0 Å². The molecule has 0 unspecified atom stereocenters. The van der Waals surface area contributed by atoms with Crippen molar-refractivity contribution in [3.8, 4) is 17.2 Å². The number of halogens is 1. The summed E-state index contributed by atoms with van der Waals surface area (Å²) in [6, 6.07) is 20.1. The number of rotatable bonds is 4. The maximum absolute atomic E-state index is 12.4. The molecule has 6 heteroatoms. The van der Waals surface area contributed by atoms with Crippen LogP contribution in [0, 0.1) is 0 Å². The molecular weight excluding hydrogens is 408 g/mol. The lowest BCUT2D eigenvalue weighted by atomic mass is 10.2. The largest absolute Gasteiger partial charge is 0.497 e. The smallest absolute Gasteiger partial charge is 0.255 e. The lowest BCUT2D eigenvalue weighted by Crippen LogP contribution is -2.11. The van der Waals surface area contributed by atoms with Crippen LogP contribution >= 0.6 is 15.9 Å². The van der Waals surface area contributed by atoms with Crippen molar-refractivity contribution in [3.05, 3.63) is 76.8 Å². The molecule has 0 atom stereocenters. The third-order valence-corrected chi connectivity index (χ3v) is 4.62. The Hall–Kier alpha value is -3.12. The summed E-state index contributed by atoms with van der Waals surface area (Å²) in [7, 11) is 1.62. The number of benzene rings is 3. The number of anilines is 1. The van der Waals surface area contributed by atoms with E-state index in [2.05, 4.69) is 26.2 Å². The highest BCUT2D eigenvalue weighted by Crippen LogP contribution is 2.27. The second kappa shape index (κ2) is 7.25. The Morgan fingerprint density at radius 1 is 1.04 bits per heavy atom. The first-order valence-electron chi connectivity index (χ1n) is 8.24. The third kappa shape index (κ3) is 3.71. The molecule has 1 N–H and O–H groups in total. The molecule has 1 amide bonds. The topological polar surface area (TPSA) is 64.4 Å². The van der Waals surface area contributed by atoms with Crippen LogP contribution in [0.1, 0.15) is 10.4 Å². The predicted octanol–water partition coefficient (Wildman–Crippen LogP) is 5.52. The van der Waals surface area contributed by atoms with Crippen LogP contribution in [0.4, 0.5) is 5.69 Å². The van der Waals surface area contributed by atoms with E-state index >= 15 is 0 Å². The first-order valence-corrected chi connectivity index (χ1v) is 9.03. The molecule has 0 fully saturated rings. The van der Waals surface area contributed by atoms with Gasteiger partial charge in [0.1, 0.15) is 11.3 Å². The Morgan fingerprint density at radius 3 is 2.48 bits per heavy atom. The van der Waals surface area contributed by atoms with Gasteiger partial charge in [-0.15, -0.1) is 0 Å². The monoisotopic (exact) mass is 422 g/mol. The van der Waals surface area contributed by atoms with Crippen LogP contribution in [0.15, 0.2) is 75.6 Å². The molecular formula is C21H15BrN2O3. The second-order valence-corrected chi connectivity index (χ2v) is 6.81. The van der Waals surface area contributed by atoms with Crippen LogP contribution in [-0.2, 0) is 0 Å². The number of methoxy groups -OCH3 is 1. The number of hydrogen-bond donors (Lipinski definition) is 1. The van der Waals surface area contributed by atoms with Gasteiger partial charge in [-0.2, -0.15) is 0 Å². The highest BCUT2D eigenvalue weighted by atomic mass is 79.9. The number of fused-ring (bicyclic) bond motifs is 1. The van der Waals surface area contributed by atoms with Crippen molar-refractivity contribution in [3.63, 3.8) is 0 Å². The fourth-order valence-corrected chi connectivity index (χ4v) is 2.93. The van der Waals surface area contributed by atoms with Crippen molar-refractivity contribution >= 4 is 38.6 Å². The molecule has 0 bridgehead atoms. The van der Waals surface area contributed by atoms with E-state index in [1.54, 1.807) is 31.4 Å². The molecule has 0 saturated heterocycles. The number of carbonyl (C=O) groups is 1. The normalized spacial score (nSPS) is 10.7. The predicted molar refractivity (Wildman–Crippen MR) is 108 cm³/mol. The second-order valence-electron chi connectivity index (χ2n) is 5.89. The van der Waals surface area contributed by atoms with Gasteiger partial charge in [0.05, 0.1) is 7.11 Å². The molecule has 0 aliphatic heterocycles. The summed E-state index contributed by atoms with van der Waals surface area (Å²) in [6.07, 6.45) is 0. The van der Waals surface area contributed by atoms with Crippen molar-refractivity contribution < 1.29 is 13.9 Å². The zero-order valence-corrected chi connectivity index (χ0v) is 16.0. The van der Waals surface area contributed by atoms with E-state index in [-0.39, 0.29) is 5.91 Å². The van der Waals surface area contributed by atoms with Gasteiger partial charge in [-0.25, -0.2) is 4.98 Å². The van der Waals surface area contributed by atoms with E-state index in [4.69, 9.17) is 9.15 Å². The highest BCUT2D eigenvalue weighted by Gasteiger charge is 2.11. The van der Waals surface area contributed by atoms with Gasteiger partial charge in [0.15, 0.2) is 5.58 Å². The minimum Gasteiger partial charge on any atom is -0.497 e. The molecule has 1 heterocycles. The van der Waals surface area contributed by atoms with E-state index in [1.807, 2.05) is 42.5 Å². The van der Waals surface area contributed by atoms with E-state index in [0.29, 0.717) is 22.7 Å². The van der Waals surface area contributed by atoms with Gasteiger partial charge in [-0.1, -0.05) is 15.9 Å². The molecule has 27 heavy (non-hydrogen) atoms. The van der Waals surface area contributed by atoms with Crippen molar-refractivity contribution in [2.24, 2.45) is 0 Å². The minimum atomic E-state index is -0.184. The number of hydrogen-bond acceptors (Lipinski definition) is 4. The minimum absolute atomic E-state index is 0.184. The number of nitrogens with zero attached hydrogens (tertiary/aromatic N) is 1. The lowest BCUT2D eigenvalue weighted by molar-refractivity contribution is 0.102. The zero-order valence-electron chi connectivity index (χ0n) is 14.4. The van der Waals surface area contributed by atoms with Gasteiger partial charge in [0.25, 0.3) is 5.91 Å². The van der Waals surface area contributed by atoms with Gasteiger partial charge in [-0.3, -0.25) is 4.79 Å². The summed E-state index contributed by atoms with van der Waals surface area (Å²) < 4.78 is 12.0. The average Bonchev–Trinajstić information content (AvgIpc) is 3.12. The Kier molecular flexibility index (Phi) is 4.64. The third-order valence-electron chi connectivity index (χ3n) is 4.09. The summed E-state index contributed by atoms with van der Waals surface area (Å²) in [5.74, 6) is 1.11. The van der Waals surface area contributed by atoms with Crippen LogP contribution in [0.2, 0.25) is 0 Å². The SMILES string of the molecule is COc1ccc(-c2nc3ccc(NC(=O)c4ccc(Br)cc4)cc3o2)cc1. The maximum Gasteiger partial charge on any atom is 0.255 e. The number of carbonyl (C=O) groups excluding carboxylic acids is 1. The first kappa shape index (κ1) is 17.3. The van der Waals surface area contributed by atoms with Gasteiger partial charge in [0, 0.05) is 27.4 Å². The number of amides is 1. The Bertz CT molecular complexity index is 1100. The molecule has 1 aromatic heterocycles. The molecule has 3 aromatic carbocycles. The number of oxazole rings is 1. The number of aromatic nitrogens is 1. The summed E-state index contributed by atoms with van der Waals surface area (Å²) >= 11 is 3.36. The Labute approximate surface area is 164 Å². The zero-order chi connectivity index (χ0) is 18.8. The molecule has 0 aliphatic carbocycles. The van der Waals surface area contributed by atoms with Gasteiger partial charge in [0.2, 0.25) is 5.89 Å². The standard InChI is InChI=1S/C21H15BrN2O3/c1-26-17-9-4-14(5-10-17)21-24-18-11-8-16(12-19(18)27-21)23-20(25)13-2-6-15(22)7-3-13/h2-12H,1H3,(H,23,25). The van der Waals surface area contributed by atoms with Crippen LogP contribution in [0.3, 0.4) is 0 Å². The van der Waals surface area contributed by atoms with Crippen molar-refractivity contribution in [2.45, 2.75) is 0 Å². The molecule has 4 rings (SSSR count). The summed E-state index contributed by atoms with van der Waals surface area (Å²) in [5.41, 5.74) is 3.41. The summed E-state index contributed by atoms with van der Waals surface area (Å²) in [6.45, 7) is 0.